The number of carbonyl (C=O) groups excluding carboxylic acids is 2. The van der Waals surface area contributed by atoms with E-state index in [0.717, 1.165) is 83.5 Å². The number of carboxylic acid groups (broad SMARTS) is 1. The summed E-state index contributed by atoms with van der Waals surface area (Å²) in [6, 6.07) is -0.625. The molecule has 8 nitrogen and oxygen atoms in total. The second-order valence-electron chi connectivity index (χ2n) is 18.1. The predicted molar refractivity (Wildman–Crippen MR) is 270 cm³/mol. The van der Waals surface area contributed by atoms with E-state index < -0.39 is 18.1 Å². The van der Waals surface area contributed by atoms with Gasteiger partial charge in [-0.05, 0) is 83.5 Å². The normalized spacial score (nSPS) is 13.6. The molecule has 0 amide bonds. The van der Waals surface area contributed by atoms with Crippen LogP contribution >= 0.6 is 0 Å². The van der Waals surface area contributed by atoms with Crippen LogP contribution < -0.4 is 0 Å². The Kier molecular flexibility index (Phi) is 43.5. The first-order valence-electron chi connectivity index (χ1n) is 25.6. The van der Waals surface area contributed by atoms with Crippen molar-refractivity contribution in [3.63, 3.8) is 0 Å². The van der Waals surface area contributed by atoms with Crippen LogP contribution in [0.2, 0.25) is 0 Å². The van der Waals surface area contributed by atoms with Crippen molar-refractivity contribution in [2.75, 3.05) is 41.0 Å². The molecule has 0 heterocycles. The minimum Gasteiger partial charge on any atom is -0.477 e. The lowest BCUT2D eigenvalue weighted by molar-refractivity contribution is -0.887. The third-order valence-corrected chi connectivity index (χ3v) is 11.1. The SMILES string of the molecule is CC/C=C/C/C=C/C/C=C/C/C=C/C/C=C/CCCCCCC(=O)OC(COCCC(C(=O)O)[N+](C)(C)C)COC(=O)CCCCCCCCCCCC/C=C/C=C/CCCCCC. The highest BCUT2D eigenvalue weighted by Gasteiger charge is 2.31. The lowest BCUT2D eigenvalue weighted by Crippen LogP contribution is -2.50. The van der Waals surface area contributed by atoms with Crippen LogP contribution in [0.3, 0.4) is 0 Å². The molecule has 0 radical (unpaired) electrons. The Morgan fingerprint density at radius 3 is 1.39 bits per heavy atom. The number of unbranched alkanes of at least 4 members (excludes halogenated alkanes) is 18. The van der Waals surface area contributed by atoms with Crippen LogP contribution in [0.1, 0.15) is 200 Å². The minimum absolute atomic E-state index is 0.0453. The van der Waals surface area contributed by atoms with Crippen molar-refractivity contribution in [3.05, 3.63) is 85.1 Å². The van der Waals surface area contributed by atoms with E-state index in [-0.39, 0.29) is 36.2 Å². The van der Waals surface area contributed by atoms with E-state index in [1.54, 1.807) is 0 Å². The topological polar surface area (TPSA) is 99.1 Å². The highest BCUT2D eigenvalue weighted by molar-refractivity contribution is 5.72. The minimum atomic E-state index is -0.882. The molecule has 0 rings (SSSR count). The highest BCUT2D eigenvalue weighted by atomic mass is 16.6. The molecule has 8 heteroatoms. The molecule has 1 N–H and O–H groups in total. The van der Waals surface area contributed by atoms with Crippen molar-refractivity contribution in [3.8, 4) is 0 Å². The van der Waals surface area contributed by atoms with Crippen LogP contribution in [0.15, 0.2) is 85.1 Å². The summed E-state index contributed by atoms with van der Waals surface area (Å²) < 4.78 is 17.3. The van der Waals surface area contributed by atoms with Crippen molar-refractivity contribution in [2.24, 2.45) is 0 Å². The standard InChI is InChI=1S/C56H95NO7/c1-6-8-10-12-14-16-18-20-22-24-26-28-30-32-34-36-38-40-42-44-46-54(58)63-51-52(50-62-49-48-53(56(60)61)57(3,4)5)64-55(59)47-45-43-41-39-37-35-33-31-29-27-25-23-21-19-17-15-13-11-9-7-2/h9,11,15-18,20-23,27,29,33,35,52-53H,6-8,10,12-14,19,24-26,28,30-32,34,36-51H2,1-5H3/p+1/b11-9+,17-15+,18-16+,22-20+,23-21+,29-27+,35-33+. The van der Waals surface area contributed by atoms with E-state index in [9.17, 15) is 19.5 Å². The fourth-order valence-corrected chi connectivity index (χ4v) is 7.11. The fourth-order valence-electron chi connectivity index (χ4n) is 7.11. The number of carbonyl (C=O) groups is 3. The van der Waals surface area contributed by atoms with Crippen LogP contribution in [0.25, 0.3) is 0 Å². The van der Waals surface area contributed by atoms with Gasteiger partial charge in [-0.15, -0.1) is 0 Å². The molecular weight excluding hydrogens is 799 g/mol. The van der Waals surface area contributed by atoms with E-state index >= 15 is 0 Å². The number of likely N-dealkylation sites (N-methyl/N-ethyl adjacent to an activating group) is 1. The number of rotatable bonds is 45. The number of ether oxygens (including phenoxy) is 3. The van der Waals surface area contributed by atoms with Crippen molar-refractivity contribution in [1.82, 2.24) is 0 Å². The first-order chi connectivity index (χ1) is 31.1. The van der Waals surface area contributed by atoms with Gasteiger partial charge in [0.15, 0.2) is 12.1 Å². The molecule has 0 aliphatic carbocycles. The molecule has 2 atom stereocenters. The Morgan fingerprint density at radius 2 is 0.922 bits per heavy atom. The van der Waals surface area contributed by atoms with E-state index in [0.29, 0.717) is 19.3 Å². The zero-order chi connectivity index (χ0) is 47.0. The summed E-state index contributed by atoms with van der Waals surface area (Å²) in [4.78, 5) is 37.2. The molecule has 0 aliphatic rings. The van der Waals surface area contributed by atoms with Gasteiger partial charge in [0.2, 0.25) is 0 Å². The molecule has 0 aromatic rings. The van der Waals surface area contributed by atoms with Crippen LogP contribution in [0.5, 0.6) is 0 Å². The van der Waals surface area contributed by atoms with Crippen LogP contribution in [-0.2, 0) is 28.6 Å². The molecular formula is C56H96NO7+. The van der Waals surface area contributed by atoms with Gasteiger partial charge in [-0.3, -0.25) is 9.59 Å². The van der Waals surface area contributed by atoms with Crippen LogP contribution in [0.4, 0.5) is 0 Å². The summed E-state index contributed by atoms with van der Waals surface area (Å²) in [5, 5.41) is 9.66. The molecule has 0 aromatic heterocycles. The molecule has 0 aromatic carbocycles. The highest BCUT2D eigenvalue weighted by Crippen LogP contribution is 2.14. The Balaban J connectivity index is 4.32. The molecule has 0 saturated heterocycles. The summed E-state index contributed by atoms with van der Waals surface area (Å²) in [5.74, 6) is -1.51. The molecule has 0 saturated carbocycles. The first kappa shape index (κ1) is 60.5. The number of aliphatic carboxylic acids is 1. The Hall–Kier alpha value is -3.49. The van der Waals surface area contributed by atoms with Gasteiger partial charge in [-0.1, -0.05) is 182 Å². The first-order valence-corrected chi connectivity index (χ1v) is 25.6. The second-order valence-corrected chi connectivity index (χ2v) is 18.1. The summed E-state index contributed by atoms with van der Waals surface area (Å²) in [6.07, 6.45) is 60.6. The molecule has 64 heavy (non-hydrogen) atoms. The van der Waals surface area contributed by atoms with Crippen molar-refractivity contribution >= 4 is 17.9 Å². The smallest absolute Gasteiger partial charge is 0.362 e. The Labute approximate surface area is 393 Å². The van der Waals surface area contributed by atoms with E-state index in [1.807, 2.05) is 21.1 Å². The third-order valence-electron chi connectivity index (χ3n) is 11.1. The quantitative estimate of drug-likeness (QED) is 0.0214. The van der Waals surface area contributed by atoms with Crippen LogP contribution in [-0.4, -0.2) is 80.6 Å². The summed E-state index contributed by atoms with van der Waals surface area (Å²) in [6.45, 7) is 4.58. The summed E-state index contributed by atoms with van der Waals surface area (Å²) in [7, 11) is 5.52. The van der Waals surface area contributed by atoms with Gasteiger partial charge in [-0.2, -0.15) is 0 Å². The maximum Gasteiger partial charge on any atom is 0.362 e. The molecule has 2 unspecified atom stereocenters. The fraction of sp³-hybridized carbons (Fsp3) is 0.696. The summed E-state index contributed by atoms with van der Waals surface area (Å²) >= 11 is 0. The predicted octanol–water partition coefficient (Wildman–Crippen LogP) is 14.9. The van der Waals surface area contributed by atoms with Gasteiger partial charge in [0, 0.05) is 19.3 Å². The molecule has 0 spiro atoms. The Morgan fingerprint density at radius 1 is 0.500 bits per heavy atom. The van der Waals surface area contributed by atoms with Crippen molar-refractivity contribution in [2.45, 2.75) is 212 Å². The third kappa shape index (κ3) is 43.7. The average Bonchev–Trinajstić information content (AvgIpc) is 3.26. The molecule has 0 aliphatic heterocycles. The van der Waals surface area contributed by atoms with Gasteiger partial charge in [0.25, 0.3) is 0 Å². The van der Waals surface area contributed by atoms with E-state index in [4.69, 9.17) is 14.2 Å². The summed E-state index contributed by atoms with van der Waals surface area (Å²) in [5.41, 5.74) is 0. The maximum atomic E-state index is 12.8. The van der Waals surface area contributed by atoms with Crippen molar-refractivity contribution in [1.29, 1.82) is 0 Å². The number of allylic oxidation sites excluding steroid dienone is 14. The van der Waals surface area contributed by atoms with Gasteiger partial charge >= 0.3 is 17.9 Å². The number of nitrogens with zero attached hydrogens (tertiary/aromatic N) is 1. The lowest BCUT2D eigenvalue weighted by atomic mass is 10.1. The van der Waals surface area contributed by atoms with Gasteiger partial charge in [-0.25, -0.2) is 4.79 Å². The molecule has 366 valence electrons. The largest absolute Gasteiger partial charge is 0.477 e. The number of carboxylic acids is 1. The Bertz CT molecular complexity index is 1320. The number of hydrogen-bond donors (Lipinski definition) is 1. The zero-order valence-electron chi connectivity index (χ0n) is 41.7. The average molecular weight is 895 g/mol. The number of hydrogen-bond acceptors (Lipinski definition) is 6. The zero-order valence-corrected chi connectivity index (χ0v) is 41.7. The molecule has 0 fully saturated rings. The lowest BCUT2D eigenvalue weighted by Gasteiger charge is -2.31. The van der Waals surface area contributed by atoms with Gasteiger partial charge in [0.1, 0.15) is 6.61 Å². The van der Waals surface area contributed by atoms with E-state index in [2.05, 4.69) is 98.9 Å². The van der Waals surface area contributed by atoms with Gasteiger partial charge < -0.3 is 23.8 Å². The number of quaternary nitrogens is 1. The van der Waals surface area contributed by atoms with Crippen molar-refractivity contribution < 1.29 is 38.2 Å². The van der Waals surface area contributed by atoms with E-state index in [1.165, 1.54) is 83.5 Å². The number of esters is 2. The molecule has 0 bridgehead atoms. The monoisotopic (exact) mass is 895 g/mol. The maximum absolute atomic E-state index is 12.8. The van der Waals surface area contributed by atoms with Gasteiger partial charge in [0.05, 0.1) is 34.4 Å². The second kappa shape index (κ2) is 46.1. The van der Waals surface area contributed by atoms with Crippen LogP contribution in [0, 0.1) is 0 Å².